The summed E-state index contributed by atoms with van der Waals surface area (Å²) in [6.45, 7) is 0. The van der Waals surface area contributed by atoms with Gasteiger partial charge >= 0.3 is 6.18 Å². The maximum atomic E-state index is 15.1. The number of H-pyrrole nitrogens is 1. The zero-order chi connectivity index (χ0) is 25.9. The first-order chi connectivity index (χ1) is 17.2. The zero-order valence-electron chi connectivity index (χ0n) is 19.4. The lowest BCUT2D eigenvalue weighted by atomic mass is 9.93. The minimum Gasteiger partial charge on any atom is -0.321 e. The van der Waals surface area contributed by atoms with Crippen LogP contribution in [0, 0.1) is 5.82 Å². The molecule has 1 fully saturated rings. The molecular weight excluding hydrogens is 478 g/mol. The van der Waals surface area contributed by atoms with Crippen molar-refractivity contribution in [3.8, 4) is 22.5 Å². The Hall–Kier alpha value is -3.67. The third kappa shape index (κ3) is 5.59. The van der Waals surface area contributed by atoms with Crippen molar-refractivity contribution in [2.24, 2.45) is 16.8 Å². The van der Waals surface area contributed by atoms with Crippen molar-refractivity contribution in [3.05, 3.63) is 63.8 Å². The summed E-state index contributed by atoms with van der Waals surface area (Å²) in [5.41, 5.74) is 3.51. The topological polar surface area (TPSA) is 127 Å². The molecule has 192 valence electrons. The van der Waals surface area contributed by atoms with Gasteiger partial charge in [-0.3, -0.25) is 9.48 Å². The van der Waals surface area contributed by atoms with Gasteiger partial charge in [-0.05, 0) is 68.4 Å². The van der Waals surface area contributed by atoms with E-state index < -0.39 is 24.0 Å². The number of nitrogens with zero attached hydrogens (tertiary/aromatic N) is 3. The monoisotopic (exact) mass is 505 g/mol. The van der Waals surface area contributed by atoms with Crippen molar-refractivity contribution in [2.45, 2.75) is 57.2 Å². The highest BCUT2D eigenvalue weighted by Crippen LogP contribution is 2.33. The van der Waals surface area contributed by atoms with Crippen LogP contribution in [0.4, 0.5) is 17.6 Å². The van der Waals surface area contributed by atoms with E-state index in [-0.39, 0.29) is 35.5 Å². The number of hydrazone groups is 1. The molecule has 1 saturated carbocycles. The van der Waals surface area contributed by atoms with Crippen molar-refractivity contribution in [1.29, 1.82) is 0 Å². The van der Waals surface area contributed by atoms with Gasteiger partial charge < -0.3 is 16.3 Å². The summed E-state index contributed by atoms with van der Waals surface area (Å²) in [6.07, 6.45) is 0.476. The number of pyridine rings is 1. The number of rotatable bonds is 8. The number of halogens is 4. The van der Waals surface area contributed by atoms with Gasteiger partial charge in [0.2, 0.25) is 0 Å². The number of aryl methyl sites for hydroxylation is 1. The minimum atomic E-state index is -4.20. The Kier molecular flexibility index (Phi) is 7.43. The van der Waals surface area contributed by atoms with Crippen LogP contribution in [0.5, 0.6) is 0 Å². The standard InChI is InChI=1S/C24H27F4N7O/c25-18-12-14(4-1-2-10-24(26,27)28)7-8-16(18)20-13-17(21(23(36)31-20)22(32-29)33-30)19-9-11-35(34-19)15-5-3-6-15/h7-9,11-13,15H,1-6,10,29-30H2,(H,31,36)(H,32,33). The van der Waals surface area contributed by atoms with Crippen LogP contribution in [0.25, 0.3) is 22.5 Å². The Balaban J connectivity index is 1.67. The zero-order valence-corrected chi connectivity index (χ0v) is 19.4. The Morgan fingerprint density at radius 2 is 1.97 bits per heavy atom. The van der Waals surface area contributed by atoms with E-state index in [9.17, 15) is 18.0 Å². The number of benzene rings is 1. The average molecular weight is 506 g/mol. The fourth-order valence-electron chi connectivity index (χ4n) is 4.24. The molecule has 1 aromatic carbocycles. The lowest BCUT2D eigenvalue weighted by Gasteiger charge is -2.25. The average Bonchev–Trinajstić information content (AvgIpc) is 3.26. The summed E-state index contributed by atoms with van der Waals surface area (Å²) in [5.74, 6) is 10.3. The fraction of sp³-hybridized carbons (Fsp3) is 0.375. The van der Waals surface area contributed by atoms with E-state index in [1.165, 1.54) is 12.1 Å². The summed E-state index contributed by atoms with van der Waals surface area (Å²) < 4.78 is 53.9. The van der Waals surface area contributed by atoms with Gasteiger partial charge in [-0.1, -0.05) is 6.07 Å². The number of hydrogen-bond acceptors (Lipinski definition) is 5. The molecule has 0 spiro atoms. The van der Waals surface area contributed by atoms with E-state index in [0.717, 1.165) is 19.3 Å². The van der Waals surface area contributed by atoms with Crippen LogP contribution < -0.4 is 22.7 Å². The van der Waals surface area contributed by atoms with Crippen molar-refractivity contribution in [2.75, 3.05) is 0 Å². The summed E-state index contributed by atoms with van der Waals surface area (Å²) in [4.78, 5) is 15.7. The first-order valence-corrected chi connectivity index (χ1v) is 11.6. The van der Waals surface area contributed by atoms with E-state index in [4.69, 9.17) is 11.7 Å². The predicted octanol–water partition coefficient (Wildman–Crippen LogP) is 4.13. The molecule has 2 heterocycles. The second-order valence-electron chi connectivity index (χ2n) is 8.83. The normalized spacial score (nSPS) is 14.6. The molecule has 0 radical (unpaired) electrons. The highest BCUT2D eigenvalue weighted by atomic mass is 19.4. The smallest absolute Gasteiger partial charge is 0.321 e. The third-order valence-corrected chi connectivity index (χ3v) is 6.37. The van der Waals surface area contributed by atoms with Crippen LogP contribution in [0.15, 0.2) is 46.4 Å². The van der Waals surface area contributed by atoms with E-state index in [2.05, 4.69) is 20.6 Å². The first-order valence-electron chi connectivity index (χ1n) is 11.6. The van der Waals surface area contributed by atoms with Crippen LogP contribution in [-0.2, 0) is 6.42 Å². The Morgan fingerprint density at radius 1 is 1.19 bits per heavy atom. The van der Waals surface area contributed by atoms with Crippen molar-refractivity contribution in [1.82, 2.24) is 20.2 Å². The van der Waals surface area contributed by atoms with Crippen LogP contribution in [0.1, 0.15) is 55.7 Å². The predicted molar refractivity (Wildman–Crippen MR) is 128 cm³/mol. The Morgan fingerprint density at radius 3 is 2.58 bits per heavy atom. The fourth-order valence-corrected chi connectivity index (χ4v) is 4.24. The number of nitrogens with one attached hydrogen (secondary N) is 2. The maximum Gasteiger partial charge on any atom is 0.389 e. The Bertz CT molecular complexity index is 1310. The number of hydrogen-bond donors (Lipinski definition) is 4. The van der Waals surface area contributed by atoms with Gasteiger partial charge in [-0.25, -0.2) is 10.2 Å². The van der Waals surface area contributed by atoms with Crippen LogP contribution >= 0.6 is 0 Å². The lowest BCUT2D eigenvalue weighted by molar-refractivity contribution is -0.135. The molecule has 4 rings (SSSR count). The van der Waals surface area contributed by atoms with Crippen LogP contribution in [-0.4, -0.2) is 26.8 Å². The highest BCUT2D eigenvalue weighted by molar-refractivity contribution is 6.03. The van der Waals surface area contributed by atoms with Gasteiger partial charge in [0.25, 0.3) is 5.56 Å². The largest absolute Gasteiger partial charge is 0.389 e. The van der Waals surface area contributed by atoms with Crippen molar-refractivity contribution < 1.29 is 17.6 Å². The minimum absolute atomic E-state index is 0.0290. The molecule has 0 atom stereocenters. The van der Waals surface area contributed by atoms with Gasteiger partial charge in [0, 0.05) is 23.7 Å². The molecule has 0 bridgehead atoms. The van der Waals surface area contributed by atoms with E-state index >= 15 is 4.39 Å². The molecule has 6 N–H and O–H groups in total. The molecule has 12 heteroatoms. The molecule has 0 unspecified atom stereocenters. The number of unbranched alkanes of at least 4 members (excludes halogenated alkanes) is 1. The summed E-state index contributed by atoms with van der Waals surface area (Å²) >= 11 is 0. The molecule has 3 aromatic rings. The molecule has 0 aliphatic heterocycles. The number of alkyl halides is 3. The SMILES string of the molecule is N/N=C(\NN)c1c(-c2ccn(C3CCC3)n2)cc(-c2ccc(CCCCC(F)(F)F)cc2F)[nH]c1=O. The van der Waals surface area contributed by atoms with Gasteiger partial charge in [-0.15, -0.1) is 0 Å². The quantitative estimate of drug-likeness (QED) is 0.0915. The van der Waals surface area contributed by atoms with Gasteiger partial charge in [-0.2, -0.15) is 23.4 Å². The van der Waals surface area contributed by atoms with Gasteiger partial charge in [0.15, 0.2) is 5.84 Å². The van der Waals surface area contributed by atoms with Crippen molar-refractivity contribution >= 4 is 5.84 Å². The highest BCUT2D eigenvalue weighted by Gasteiger charge is 2.26. The maximum absolute atomic E-state index is 15.1. The summed E-state index contributed by atoms with van der Waals surface area (Å²) in [6, 6.07) is 8.03. The molecule has 36 heavy (non-hydrogen) atoms. The van der Waals surface area contributed by atoms with Crippen LogP contribution in [0.2, 0.25) is 0 Å². The molecule has 1 aliphatic rings. The van der Waals surface area contributed by atoms with Crippen molar-refractivity contribution in [3.63, 3.8) is 0 Å². The summed E-state index contributed by atoms with van der Waals surface area (Å²) in [7, 11) is 0. The van der Waals surface area contributed by atoms with Gasteiger partial charge in [0.05, 0.1) is 23.0 Å². The molecule has 0 saturated heterocycles. The number of aromatic amines is 1. The summed E-state index contributed by atoms with van der Waals surface area (Å²) in [5, 5.41) is 8.17. The first kappa shape index (κ1) is 25.4. The van der Waals surface area contributed by atoms with Gasteiger partial charge in [0.1, 0.15) is 5.82 Å². The molecule has 2 aromatic heterocycles. The van der Waals surface area contributed by atoms with E-state index in [0.29, 0.717) is 29.3 Å². The van der Waals surface area contributed by atoms with E-state index in [1.807, 2.05) is 10.9 Å². The Labute approximate surface area is 204 Å². The van der Waals surface area contributed by atoms with E-state index in [1.54, 1.807) is 18.2 Å². The number of aromatic nitrogens is 3. The number of amidine groups is 1. The second kappa shape index (κ2) is 10.5. The van der Waals surface area contributed by atoms with Crippen LogP contribution in [0.3, 0.4) is 0 Å². The molecule has 1 aliphatic carbocycles. The number of hydrazine groups is 1. The molecule has 8 nitrogen and oxygen atoms in total. The molecular formula is C24H27F4N7O. The number of nitrogens with two attached hydrogens (primary N) is 2. The second-order valence-corrected chi connectivity index (χ2v) is 8.83. The molecule has 0 amide bonds. The lowest BCUT2D eigenvalue weighted by Crippen LogP contribution is -2.37. The third-order valence-electron chi connectivity index (χ3n) is 6.37.